The number of carbonyl (C=O) groups excluding carboxylic acids is 1. The fraction of sp³-hybridized carbons (Fsp3) is 0.0714. The third-order valence-electron chi connectivity index (χ3n) is 2.40. The molecule has 5 heteroatoms. The van der Waals surface area contributed by atoms with Crippen molar-refractivity contribution in [2.75, 3.05) is 7.11 Å². The second-order valence-electron chi connectivity index (χ2n) is 3.74. The van der Waals surface area contributed by atoms with Gasteiger partial charge in [0.15, 0.2) is 0 Å². The van der Waals surface area contributed by atoms with Crippen LogP contribution in [-0.4, -0.2) is 13.4 Å². The Kier molecular flexibility index (Phi) is 4.16. The average Bonchev–Trinajstić information content (AvgIpc) is 2.40. The molecule has 0 aromatic heterocycles. The highest BCUT2D eigenvalue weighted by molar-refractivity contribution is 9.10. The first-order valence-electron chi connectivity index (χ1n) is 5.39. The molecule has 0 unspecified atom stereocenters. The van der Waals surface area contributed by atoms with Crippen LogP contribution < -0.4 is 9.47 Å². The number of ether oxygens (including phenoxy) is 2. The topological polar surface area (TPSA) is 35.5 Å². The first kappa shape index (κ1) is 13.5. The summed E-state index contributed by atoms with van der Waals surface area (Å²) in [6.45, 7) is 0. The number of rotatable bonds is 4. The number of halogens is 2. The molecule has 98 valence electrons. The molecule has 0 aliphatic rings. The Morgan fingerprint density at radius 3 is 2.58 bits per heavy atom. The molecule has 19 heavy (non-hydrogen) atoms. The van der Waals surface area contributed by atoms with Crippen molar-refractivity contribution in [3.63, 3.8) is 0 Å². The summed E-state index contributed by atoms with van der Waals surface area (Å²) >= 11 is 3.33. The summed E-state index contributed by atoms with van der Waals surface area (Å²) in [7, 11) is 1.56. The number of benzene rings is 2. The zero-order valence-electron chi connectivity index (χ0n) is 10.0. The van der Waals surface area contributed by atoms with Crippen LogP contribution in [-0.2, 0) is 0 Å². The number of carbonyl (C=O) groups is 1. The van der Waals surface area contributed by atoms with Gasteiger partial charge in [0.1, 0.15) is 29.4 Å². The van der Waals surface area contributed by atoms with Crippen LogP contribution in [0.15, 0.2) is 40.9 Å². The minimum Gasteiger partial charge on any atom is -0.497 e. The van der Waals surface area contributed by atoms with Crippen LogP contribution in [0.1, 0.15) is 10.4 Å². The fourth-order valence-electron chi connectivity index (χ4n) is 1.53. The molecule has 2 aromatic carbocycles. The zero-order chi connectivity index (χ0) is 13.8. The Morgan fingerprint density at radius 1 is 1.16 bits per heavy atom. The summed E-state index contributed by atoms with van der Waals surface area (Å²) in [6, 6.07) is 8.96. The molecule has 0 saturated carbocycles. The lowest BCUT2D eigenvalue weighted by Crippen LogP contribution is -1.90. The Bertz CT molecular complexity index is 614. The van der Waals surface area contributed by atoms with E-state index >= 15 is 0 Å². The van der Waals surface area contributed by atoms with Crippen molar-refractivity contribution in [3.8, 4) is 17.2 Å². The molecule has 0 bridgehead atoms. The van der Waals surface area contributed by atoms with Crippen molar-refractivity contribution in [1.29, 1.82) is 0 Å². The van der Waals surface area contributed by atoms with Crippen molar-refractivity contribution >= 4 is 22.2 Å². The highest BCUT2D eigenvalue weighted by Gasteiger charge is 2.07. The quantitative estimate of drug-likeness (QED) is 0.790. The molecular weight excluding hydrogens is 315 g/mol. The second kappa shape index (κ2) is 5.84. The van der Waals surface area contributed by atoms with E-state index in [9.17, 15) is 9.18 Å². The minimum atomic E-state index is -0.524. The highest BCUT2D eigenvalue weighted by Crippen LogP contribution is 2.33. The molecule has 0 radical (unpaired) electrons. The Hall–Kier alpha value is -1.88. The maximum atomic E-state index is 13.3. The molecule has 0 aliphatic heterocycles. The summed E-state index contributed by atoms with van der Waals surface area (Å²) in [5.41, 5.74) is 0.222. The van der Waals surface area contributed by atoms with Gasteiger partial charge < -0.3 is 9.47 Å². The normalized spacial score (nSPS) is 10.1. The van der Waals surface area contributed by atoms with Gasteiger partial charge in [-0.15, -0.1) is 0 Å². The van der Waals surface area contributed by atoms with Gasteiger partial charge in [-0.3, -0.25) is 4.79 Å². The maximum Gasteiger partial charge on any atom is 0.150 e. The van der Waals surface area contributed by atoms with Gasteiger partial charge >= 0.3 is 0 Å². The molecule has 0 saturated heterocycles. The minimum absolute atomic E-state index is 0.222. The van der Waals surface area contributed by atoms with E-state index in [1.807, 2.05) is 0 Å². The zero-order valence-corrected chi connectivity index (χ0v) is 11.6. The summed E-state index contributed by atoms with van der Waals surface area (Å²) in [5, 5.41) is 0. The first-order chi connectivity index (χ1) is 9.12. The molecular formula is C14H10BrFO3. The van der Waals surface area contributed by atoms with Crippen molar-refractivity contribution in [3.05, 3.63) is 52.3 Å². The first-order valence-corrected chi connectivity index (χ1v) is 6.19. The average molecular weight is 325 g/mol. The Labute approximate surface area is 118 Å². The molecule has 0 atom stereocenters. The van der Waals surface area contributed by atoms with Crippen LogP contribution in [0.3, 0.4) is 0 Å². The van der Waals surface area contributed by atoms with Crippen LogP contribution in [0.25, 0.3) is 0 Å². The highest BCUT2D eigenvalue weighted by atomic mass is 79.9. The van der Waals surface area contributed by atoms with Gasteiger partial charge in [-0.25, -0.2) is 4.39 Å². The van der Waals surface area contributed by atoms with Crippen LogP contribution >= 0.6 is 15.9 Å². The van der Waals surface area contributed by atoms with Gasteiger partial charge in [0, 0.05) is 11.6 Å². The summed E-state index contributed by atoms with van der Waals surface area (Å²) in [4.78, 5) is 10.7. The standard InChI is InChI=1S/C14H10BrFO3/c1-18-11-2-3-14(13(15)7-11)19-12-5-9(8-17)4-10(16)6-12/h2-8H,1H3. The Morgan fingerprint density at radius 2 is 1.95 bits per heavy atom. The largest absolute Gasteiger partial charge is 0.497 e. The van der Waals surface area contributed by atoms with E-state index in [-0.39, 0.29) is 11.3 Å². The van der Waals surface area contributed by atoms with Crippen molar-refractivity contribution in [2.45, 2.75) is 0 Å². The maximum absolute atomic E-state index is 13.3. The van der Waals surface area contributed by atoms with Gasteiger partial charge in [0.05, 0.1) is 11.6 Å². The van der Waals surface area contributed by atoms with Crippen LogP contribution in [0, 0.1) is 5.82 Å². The predicted molar refractivity (Wildman–Crippen MR) is 72.6 cm³/mol. The lowest BCUT2D eigenvalue weighted by molar-refractivity contribution is 0.112. The van der Waals surface area contributed by atoms with E-state index in [2.05, 4.69) is 15.9 Å². The van der Waals surface area contributed by atoms with Gasteiger partial charge in [-0.1, -0.05) is 0 Å². The third kappa shape index (κ3) is 3.32. The SMILES string of the molecule is COc1ccc(Oc2cc(F)cc(C=O)c2)c(Br)c1. The van der Waals surface area contributed by atoms with Crippen LogP contribution in [0.2, 0.25) is 0 Å². The smallest absolute Gasteiger partial charge is 0.150 e. The Balaban J connectivity index is 2.30. The summed E-state index contributed by atoms with van der Waals surface area (Å²) < 4.78 is 24.5. The van der Waals surface area contributed by atoms with Gasteiger partial charge in [-0.2, -0.15) is 0 Å². The fourth-order valence-corrected chi connectivity index (χ4v) is 1.97. The molecule has 0 heterocycles. The lowest BCUT2D eigenvalue weighted by atomic mass is 10.2. The molecule has 0 amide bonds. The second-order valence-corrected chi connectivity index (χ2v) is 4.59. The van der Waals surface area contributed by atoms with Crippen molar-refractivity contribution < 1.29 is 18.7 Å². The summed E-state index contributed by atoms with van der Waals surface area (Å²) in [5.74, 6) is 0.910. The molecule has 0 N–H and O–H groups in total. The number of methoxy groups -OCH3 is 1. The number of hydrogen-bond donors (Lipinski definition) is 0. The van der Waals surface area contributed by atoms with E-state index in [0.717, 1.165) is 6.07 Å². The summed E-state index contributed by atoms with van der Waals surface area (Å²) in [6.07, 6.45) is 0.568. The molecule has 0 aliphatic carbocycles. The molecule has 2 aromatic rings. The lowest BCUT2D eigenvalue weighted by Gasteiger charge is -2.09. The van der Waals surface area contributed by atoms with E-state index in [4.69, 9.17) is 9.47 Å². The van der Waals surface area contributed by atoms with Gasteiger partial charge in [0.2, 0.25) is 0 Å². The molecule has 3 nitrogen and oxygen atoms in total. The van der Waals surface area contributed by atoms with E-state index in [1.54, 1.807) is 25.3 Å². The van der Waals surface area contributed by atoms with E-state index in [1.165, 1.54) is 12.1 Å². The number of hydrogen-bond acceptors (Lipinski definition) is 3. The third-order valence-corrected chi connectivity index (χ3v) is 3.02. The van der Waals surface area contributed by atoms with Crippen LogP contribution in [0.4, 0.5) is 4.39 Å². The van der Waals surface area contributed by atoms with Gasteiger partial charge in [-0.05, 0) is 46.3 Å². The van der Waals surface area contributed by atoms with Crippen molar-refractivity contribution in [1.82, 2.24) is 0 Å². The van der Waals surface area contributed by atoms with Crippen molar-refractivity contribution in [2.24, 2.45) is 0 Å². The number of aldehydes is 1. The molecule has 2 rings (SSSR count). The van der Waals surface area contributed by atoms with E-state index in [0.29, 0.717) is 22.3 Å². The predicted octanol–water partition coefficient (Wildman–Crippen LogP) is 4.20. The monoisotopic (exact) mass is 324 g/mol. The molecule has 0 spiro atoms. The van der Waals surface area contributed by atoms with Crippen LogP contribution in [0.5, 0.6) is 17.2 Å². The van der Waals surface area contributed by atoms with Gasteiger partial charge in [0.25, 0.3) is 0 Å². The van der Waals surface area contributed by atoms with E-state index < -0.39 is 5.82 Å². The molecule has 0 fully saturated rings.